The molecule has 1 saturated heterocycles. The molecule has 3 aromatic carbocycles. The van der Waals surface area contributed by atoms with Crippen molar-refractivity contribution in [1.29, 1.82) is 0 Å². The number of ether oxygens (including phenoxy) is 1. The Kier molecular flexibility index (Phi) is 8.76. The molecule has 0 bridgehead atoms. The summed E-state index contributed by atoms with van der Waals surface area (Å²) in [4.78, 5) is 15.5. The van der Waals surface area contributed by atoms with Crippen LogP contribution in [0.5, 0.6) is 5.75 Å². The molecule has 2 N–H and O–H groups in total. The number of piperazine rings is 1. The third-order valence-corrected chi connectivity index (χ3v) is 6.49. The number of benzene rings is 3. The van der Waals surface area contributed by atoms with E-state index in [9.17, 15) is 26.7 Å². The van der Waals surface area contributed by atoms with Crippen molar-refractivity contribution in [2.45, 2.75) is 6.92 Å². The predicted octanol–water partition coefficient (Wildman–Crippen LogP) is 5.89. The third kappa shape index (κ3) is 6.17. The minimum absolute atomic E-state index is 0.0457. The van der Waals surface area contributed by atoms with Gasteiger partial charge in [-0.2, -0.15) is 0 Å². The maximum absolute atomic E-state index is 14.2. The first-order valence-electron chi connectivity index (χ1n) is 11.8. The van der Waals surface area contributed by atoms with Crippen molar-refractivity contribution < 1.29 is 31.5 Å². The third-order valence-electron chi connectivity index (χ3n) is 5.99. The zero-order chi connectivity index (χ0) is 28.3. The van der Waals surface area contributed by atoms with E-state index in [4.69, 9.17) is 28.6 Å². The SMILES string of the molecule is CCOc1ccc(C(=O)NC(=S)Nc2ccc(N3CCN(c4c(F)c(F)c(F)c(F)c4F)CC3)cc2)cc1Cl. The van der Waals surface area contributed by atoms with Crippen LogP contribution in [0.25, 0.3) is 0 Å². The van der Waals surface area contributed by atoms with E-state index in [1.165, 1.54) is 6.07 Å². The molecule has 1 heterocycles. The van der Waals surface area contributed by atoms with Gasteiger partial charge in [0, 0.05) is 43.1 Å². The smallest absolute Gasteiger partial charge is 0.257 e. The molecule has 0 aromatic heterocycles. The zero-order valence-corrected chi connectivity index (χ0v) is 22.0. The van der Waals surface area contributed by atoms with E-state index in [0.29, 0.717) is 28.6 Å². The molecule has 0 spiro atoms. The molecule has 0 radical (unpaired) electrons. The van der Waals surface area contributed by atoms with Crippen molar-refractivity contribution in [2.24, 2.45) is 0 Å². The minimum atomic E-state index is -2.18. The lowest BCUT2D eigenvalue weighted by Gasteiger charge is -2.37. The van der Waals surface area contributed by atoms with E-state index in [-0.39, 0.29) is 31.3 Å². The van der Waals surface area contributed by atoms with Crippen LogP contribution in [-0.4, -0.2) is 43.8 Å². The number of carbonyl (C=O) groups excluding carboxylic acids is 1. The Morgan fingerprint density at radius 1 is 0.897 bits per heavy atom. The summed E-state index contributed by atoms with van der Waals surface area (Å²) >= 11 is 11.4. The van der Waals surface area contributed by atoms with Gasteiger partial charge in [0.1, 0.15) is 11.4 Å². The fourth-order valence-corrected chi connectivity index (χ4v) is 4.51. The molecule has 206 valence electrons. The van der Waals surface area contributed by atoms with Crippen LogP contribution in [0.3, 0.4) is 0 Å². The fraction of sp³-hybridized carbons (Fsp3) is 0.231. The molecular formula is C26H22ClF5N4O2S. The number of carbonyl (C=O) groups is 1. The maximum Gasteiger partial charge on any atom is 0.257 e. The van der Waals surface area contributed by atoms with Crippen LogP contribution in [0.15, 0.2) is 42.5 Å². The fourth-order valence-electron chi connectivity index (χ4n) is 4.07. The average molecular weight is 585 g/mol. The highest BCUT2D eigenvalue weighted by Crippen LogP contribution is 2.31. The summed E-state index contributed by atoms with van der Waals surface area (Å²) in [6, 6.07) is 11.6. The van der Waals surface area contributed by atoms with Crippen molar-refractivity contribution in [3.8, 4) is 5.75 Å². The molecule has 13 heteroatoms. The van der Waals surface area contributed by atoms with Crippen LogP contribution in [0.2, 0.25) is 5.02 Å². The highest BCUT2D eigenvalue weighted by atomic mass is 35.5. The summed E-state index contributed by atoms with van der Waals surface area (Å²) < 4.78 is 74.2. The number of amides is 1. The number of hydrogen-bond acceptors (Lipinski definition) is 5. The van der Waals surface area contributed by atoms with Gasteiger partial charge in [-0.25, -0.2) is 22.0 Å². The highest BCUT2D eigenvalue weighted by Gasteiger charge is 2.30. The Morgan fingerprint density at radius 2 is 1.46 bits per heavy atom. The van der Waals surface area contributed by atoms with Crippen molar-refractivity contribution >= 4 is 51.9 Å². The van der Waals surface area contributed by atoms with Crippen LogP contribution < -0.4 is 25.2 Å². The van der Waals surface area contributed by atoms with Crippen molar-refractivity contribution in [2.75, 3.05) is 47.9 Å². The number of hydrogen-bond donors (Lipinski definition) is 2. The Balaban J connectivity index is 1.33. The van der Waals surface area contributed by atoms with Gasteiger partial charge in [0.15, 0.2) is 28.4 Å². The van der Waals surface area contributed by atoms with Crippen molar-refractivity contribution in [3.63, 3.8) is 0 Å². The first kappa shape index (κ1) is 28.4. The van der Waals surface area contributed by atoms with Crippen LogP contribution in [-0.2, 0) is 0 Å². The van der Waals surface area contributed by atoms with E-state index < -0.39 is 40.7 Å². The van der Waals surface area contributed by atoms with Gasteiger partial charge in [-0.1, -0.05) is 11.6 Å². The molecule has 0 aliphatic carbocycles. The van der Waals surface area contributed by atoms with Gasteiger partial charge in [0.2, 0.25) is 5.82 Å². The molecule has 1 amide bonds. The second-order valence-corrected chi connectivity index (χ2v) is 9.24. The standard InChI is InChI=1S/C26H22ClF5N4O2S/c1-2-38-18-8-3-14(13-17(18)27)25(37)34-26(39)33-15-4-6-16(7-5-15)35-9-11-36(12-10-35)24-22(31)20(29)19(28)21(30)23(24)32/h3-8,13H,2,9-12H2,1H3,(H2,33,34,37,39). The Morgan fingerprint density at radius 3 is 2.03 bits per heavy atom. The van der Waals surface area contributed by atoms with Gasteiger partial charge in [-0.05, 0) is 61.6 Å². The van der Waals surface area contributed by atoms with Gasteiger partial charge in [-0.3, -0.25) is 10.1 Å². The van der Waals surface area contributed by atoms with Gasteiger partial charge >= 0.3 is 0 Å². The Hall–Kier alpha value is -3.64. The number of anilines is 3. The second-order valence-electron chi connectivity index (χ2n) is 8.43. The first-order valence-corrected chi connectivity index (χ1v) is 12.5. The quantitative estimate of drug-likeness (QED) is 0.163. The van der Waals surface area contributed by atoms with E-state index >= 15 is 0 Å². The summed E-state index contributed by atoms with van der Waals surface area (Å²) in [6.45, 7) is 2.91. The first-order chi connectivity index (χ1) is 18.6. The molecule has 39 heavy (non-hydrogen) atoms. The highest BCUT2D eigenvalue weighted by molar-refractivity contribution is 7.80. The maximum atomic E-state index is 14.2. The number of halogens is 6. The lowest BCUT2D eigenvalue weighted by atomic mass is 10.2. The lowest BCUT2D eigenvalue weighted by Crippen LogP contribution is -2.47. The normalized spacial score (nSPS) is 13.3. The molecule has 6 nitrogen and oxygen atoms in total. The summed E-state index contributed by atoms with van der Waals surface area (Å²) in [7, 11) is 0. The van der Waals surface area contributed by atoms with E-state index in [1.54, 1.807) is 36.4 Å². The largest absolute Gasteiger partial charge is 0.492 e. The van der Waals surface area contributed by atoms with E-state index in [2.05, 4.69) is 10.6 Å². The number of nitrogens with one attached hydrogen (secondary N) is 2. The van der Waals surface area contributed by atoms with Crippen molar-refractivity contribution in [3.05, 3.63) is 82.1 Å². The molecule has 0 atom stereocenters. The molecule has 0 unspecified atom stereocenters. The summed E-state index contributed by atoms with van der Waals surface area (Å²) in [5.41, 5.74) is 0.743. The van der Waals surface area contributed by atoms with Crippen LogP contribution in [0, 0.1) is 29.1 Å². The number of rotatable bonds is 6. The minimum Gasteiger partial charge on any atom is -0.492 e. The number of nitrogens with zero attached hydrogens (tertiary/aromatic N) is 2. The molecule has 1 aliphatic rings. The topological polar surface area (TPSA) is 56.8 Å². The van der Waals surface area contributed by atoms with Crippen LogP contribution >= 0.6 is 23.8 Å². The number of thiocarbonyl (C=S) groups is 1. The monoisotopic (exact) mass is 584 g/mol. The molecule has 1 aliphatic heterocycles. The molecule has 0 saturated carbocycles. The van der Waals surface area contributed by atoms with Gasteiger partial charge in [0.05, 0.1) is 11.6 Å². The molecule has 4 rings (SSSR count). The molecule has 1 fully saturated rings. The Labute approximate surface area is 231 Å². The second kappa shape index (κ2) is 12.0. The van der Waals surface area contributed by atoms with Gasteiger partial charge in [0.25, 0.3) is 5.91 Å². The zero-order valence-electron chi connectivity index (χ0n) is 20.5. The van der Waals surface area contributed by atoms with Crippen LogP contribution in [0.1, 0.15) is 17.3 Å². The Bertz CT molecular complexity index is 1370. The van der Waals surface area contributed by atoms with Crippen molar-refractivity contribution in [1.82, 2.24) is 5.32 Å². The predicted molar refractivity (Wildman–Crippen MR) is 143 cm³/mol. The summed E-state index contributed by atoms with van der Waals surface area (Å²) in [5.74, 6) is -9.79. The average Bonchev–Trinajstić information content (AvgIpc) is 2.93. The van der Waals surface area contributed by atoms with E-state index in [1.807, 2.05) is 11.8 Å². The summed E-state index contributed by atoms with van der Waals surface area (Å²) in [6.07, 6.45) is 0. The van der Waals surface area contributed by atoms with E-state index in [0.717, 1.165) is 10.6 Å². The molecule has 3 aromatic rings. The van der Waals surface area contributed by atoms with Crippen LogP contribution in [0.4, 0.5) is 39.0 Å². The summed E-state index contributed by atoms with van der Waals surface area (Å²) in [5, 5.41) is 5.84. The van der Waals surface area contributed by atoms with Gasteiger partial charge < -0.3 is 19.9 Å². The lowest BCUT2D eigenvalue weighted by molar-refractivity contribution is 0.0977. The van der Waals surface area contributed by atoms with Gasteiger partial charge in [-0.15, -0.1) is 0 Å². The molecular weight excluding hydrogens is 563 g/mol.